The summed E-state index contributed by atoms with van der Waals surface area (Å²) in [6.45, 7) is 6.55. The number of amides is 2. The first-order chi connectivity index (χ1) is 18.6. The summed E-state index contributed by atoms with van der Waals surface area (Å²) < 4.78 is 26.8. The number of hydrogen-bond acceptors (Lipinski definition) is 4. The number of likely N-dealkylation sites (N-methyl/N-ethyl adjacent to an activating group) is 1. The minimum atomic E-state index is -3.56. The van der Waals surface area contributed by atoms with Gasteiger partial charge in [-0.1, -0.05) is 72.8 Å². The van der Waals surface area contributed by atoms with Gasteiger partial charge in [-0.3, -0.25) is 13.9 Å². The van der Waals surface area contributed by atoms with Gasteiger partial charge in [-0.25, -0.2) is 8.42 Å². The van der Waals surface area contributed by atoms with Crippen molar-refractivity contribution in [1.82, 2.24) is 10.2 Å². The molecule has 0 aliphatic carbocycles. The lowest BCUT2D eigenvalue weighted by molar-refractivity contribution is -0.141. The van der Waals surface area contributed by atoms with Crippen LogP contribution in [0.2, 0.25) is 0 Å². The summed E-state index contributed by atoms with van der Waals surface area (Å²) >= 11 is 0. The number of benzene rings is 3. The normalized spacial score (nSPS) is 12.0. The van der Waals surface area contributed by atoms with Gasteiger partial charge in [-0.15, -0.1) is 0 Å². The molecule has 7 nitrogen and oxygen atoms in total. The molecule has 1 atom stereocenters. The van der Waals surface area contributed by atoms with E-state index in [2.05, 4.69) is 5.32 Å². The van der Waals surface area contributed by atoms with Crippen LogP contribution < -0.4 is 9.62 Å². The number of aryl methyl sites for hydroxylation is 2. The van der Waals surface area contributed by atoms with Crippen molar-refractivity contribution in [3.63, 3.8) is 0 Å². The van der Waals surface area contributed by atoms with E-state index in [1.54, 1.807) is 4.90 Å². The Morgan fingerprint density at radius 3 is 2.10 bits per heavy atom. The molecule has 2 amide bonds. The van der Waals surface area contributed by atoms with Crippen LogP contribution in [0.4, 0.5) is 5.69 Å². The van der Waals surface area contributed by atoms with E-state index in [0.29, 0.717) is 25.1 Å². The third-order valence-electron chi connectivity index (χ3n) is 6.60. The van der Waals surface area contributed by atoms with E-state index in [1.807, 2.05) is 99.6 Å². The molecule has 0 radical (unpaired) electrons. The zero-order valence-electron chi connectivity index (χ0n) is 23.3. The number of hydrogen-bond donors (Lipinski definition) is 1. The van der Waals surface area contributed by atoms with Crippen molar-refractivity contribution in [1.29, 1.82) is 0 Å². The Hall–Kier alpha value is -3.65. The summed E-state index contributed by atoms with van der Waals surface area (Å²) in [6.07, 6.45) is 1.99. The average Bonchev–Trinajstić information content (AvgIpc) is 2.90. The van der Waals surface area contributed by atoms with Gasteiger partial charge < -0.3 is 10.2 Å². The molecule has 3 aromatic rings. The van der Waals surface area contributed by atoms with Crippen LogP contribution in [0.3, 0.4) is 0 Å². The van der Waals surface area contributed by atoms with Crippen molar-refractivity contribution in [3.8, 4) is 0 Å². The Morgan fingerprint density at radius 1 is 0.897 bits per heavy atom. The zero-order valence-corrected chi connectivity index (χ0v) is 24.1. The maximum Gasteiger partial charge on any atom is 0.243 e. The summed E-state index contributed by atoms with van der Waals surface area (Å²) in [6, 6.07) is 24.2. The highest BCUT2D eigenvalue weighted by Gasteiger charge is 2.30. The van der Waals surface area contributed by atoms with Crippen LogP contribution >= 0.6 is 0 Å². The fourth-order valence-corrected chi connectivity index (χ4v) is 5.61. The molecule has 0 fully saturated rings. The van der Waals surface area contributed by atoms with Gasteiger partial charge in [-0.05, 0) is 55.5 Å². The van der Waals surface area contributed by atoms with Crippen molar-refractivity contribution < 1.29 is 18.0 Å². The smallest absolute Gasteiger partial charge is 0.243 e. The minimum Gasteiger partial charge on any atom is -0.355 e. The van der Waals surface area contributed by atoms with Crippen molar-refractivity contribution in [2.75, 3.05) is 23.7 Å². The molecule has 208 valence electrons. The van der Waals surface area contributed by atoms with Crippen LogP contribution in [-0.2, 0) is 32.6 Å². The Morgan fingerprint density at radius 2 is 1.51 bits per heavy atom. The topological polar surface area (TPSA) is 86.8 Å². The Labute approximate surface area is 232 Å². The fraction of sp³-hybridized carbons (Fsp3) is 0.355. The third-order valence-corrected chi connectivity index (χ3v) is 7.78. The van der Waals surface area contributed by atoms with Gasteiger partial charge in [0.25, 0.3) is 0 Å². The van der Waals surface area contributed by atoms with Crippen molar-refractivity contribution in [2.45, 2.75) is 52.6 Å². The van der Waals surface area contributed by atoms with Gasteiger partial charge in [0.15, 0.2) is 0 Å². The van der Waals surface area contributed by atoms with E-state index in [9.17, 15) is 18.0 Å². The lowest BCUT2D eigenvalue weighted by atomic mass is 10.0. The lowest BCUT2D eigenvalue weighted by Gasteiger charge is -2.32. The molecule has 1 unspecified atom stereocenters. The van der Waals surface area contributed by atoms with E-state index < -0.39 is 16.1 Å². The molecular weight excluding hydrogens is 510 g/mol. The number of carbonyl (C=O) groups excluding carboxylic acids is 2. The molecule has 0 saturated carbocycles. The highest BCUT2D eigenvalue weighted by molar-refractivity contribution is 7.92. The first kappa shape index (κ1) is 29.9. The highest BCUT2D eigenvalue weighted by Crippen LogP contribution is 2.25. The molecule has 0 saturated heterocycles. The number of nitrogens with zero attached hydrogens (tertiary/aromatic N) is 2. The van der Waals surface area contributed by atoms with Crippen LogP contribution in [0.1, 0.15) is 42.0 Å². The number of nitrogens with one attached hydrogen (secondary N) is 1. The summed E-state index contributed by atoms with van der Waals surface area (Å²) in [4.78, 5) is 28.6. The average molecular weight is 550 g/mol. The second kappa shape index (κ2) is 13.9. The summed E-state index contributed by atoms with van der Waals surface area (Å²) in [5.41, 5.74) is 4.30. The number of anilines is 1. The van der Waals surface area contributed by atoms with Crippen molar-refractivity contribution in [2.24, 2.45) is 0 Å². The van der Waals surface area contributed by atoms with E-state index in [1.165, 1.54) is 10.6 Å². The predicted molar refractivity (Wildman–Crippen MR) is 157 cm³/mol. The standard InChI is InChI=1S/C31H39N3O4S/c1-5-32-31(36)29(22-26-13-8-6-9-14-26)33(23-27-15-10-7-11-16-27)30(35)17-12-20-34(39(4,37)38)28-21-24(2)18-19-25(28)3/h6-11,13-16,18-19,21,29H,5,12,17,20,22-23H2,1-4H3,(H,32,36). The van der Waals surface area contributed by atoms with Gasteiger partial charge in [0.05, 0.1) is 11.9 Å². The van der Waals surface area contributed by atoms with Gasteiger partial charge in [-0.2, -0.15) is 0 Å². The first-order valence-corrected chi connectivity index (χ1v) is 15.1. The number of carbonyl (C=O) groups is 2. The Balaban J connectivity index is 1.86. The number of sulfonamides is 1. The molecule has 3 aromatic carbocycles. The van der Waals surface area contributed by atoms with E-state index in [0.717, 1.165) is 22.3 Å². The molecule has 1 N–H and O–H groups in total. The Kier molecular flexibility index (Phi) is 10.7. The first-order valence-electron chi connectivity index (χ1n) is 13.3. The SMILES string of the molecule is CCNC(=O)C(Cc1ccccc1)N(Cc1ccccc1)C(=O)CCCN(c1cc(C)ccc1C)S(C)(=O)=O. The predicted octanol–water partition coefficient (Wildman–Crippen LogP) is 4.63. The lowest BCUT2D eigenvalue weighted by Crippen LogP contribution is -2.50. The summed E-state index contributed by atoms with van der Waals surface area (Å²) in [5.74, 6) is -0.403. The molecule has 0 spiro atoms. The van der Waals surface area contributed by atoms with E-state index in [-0.39, 0.29) is 31.3 Å². The van der Waals surface area contributed by atoms with E-state index in [4.69, 9.17) is 0 Å². The van der Waals surface area contributed by atoms with Crippen LogP contribution in [-0.4, -0.2) is 50.5 Å². The molecular formula is C31H39N3O4S. The monoisotopic (exact) mass is 549 g/mol. The van der Waals surface area contributed by atoms with Crippen molar-refractivity contribution in [3.05, 3.63) is 101 Å². The van der Waals surface area contributed by atoms with Crippen LogP contribution in [0.5, 0.6) is 0 Å². The molecule has 3 rings (SSSR count). The second-order valence-electron chi connectivity index (χ2n) is 9.84. The van der Waals surface area contributed by atoms with Gasteiger partial charge >= 0.3 is 0 Å². The van der Waals surface area contributed by atoms with Crippen LogP contribution in [0, 0.1) is 13.8 Å². The molecule has 0 bridgehead atoms. The molecule has 0 aliphatic heterocycles. The summed E-state index contributed by atoms with van der Waals surface area (Å²) in [5, 5.41) is 2.89. The fourth-order valence-electron chi connectivity index (χ4n) is 4.60. The maximum absolute atomic E-state index is 13.8. The number of rotatable bonds is 13. The van der Waals surface area contributed by atoms with Crippen LogP contribution in [0.15, 0.2) is 78.9 Å². The molecule has 39 heavy (non-hydrogen) atoms. The molecule has 0 aliphatic rings. The highest BCUT2D eigenvalue weighted by atomic mass is 32.2. The van der Waals surface area contributed by atoms with Crippen LogP contribution in [0.25, 0.3) is 0 Å². The quantitative estimate of drug-likeness (QED) is 0.337. The van der Waals surface area contributed by atoms with Gasteiger partial charge in [0.1, 0.15) is 6.04 Å². The molecule has 8 heteroatoms. The Bertz CT molecular complexity index is 1340. The maximum atomic E-state index is 13.8. The molecule has 0 heterocycles. The zero-order chi connectivity index (χ0) is 28.4. The van der Waals surface area contributed by atoms with Crippen molar-refractivity contribution >= 4 is 27.5 Å². The molecule has 0 aromatic heterocycles. The van der Waals surface area contributed by atoms with Gasteiger partial charge in [0.2, 0.25) is 21.8 Å². The van der Waals surface area contributed by atoms with Gasteiger partial charge in [0, 0.05) is 32.5 Å². The van der Waals surface area contributed by atoms with E-state index >= 15 is 0 Å². The third kappa shape index (κ3) is 8.68. The minimum absolute atomic E-state index is 0.106. The largest absolute Gasteiger partial charge is 0.355 e. The summed E-state index contributed by atoms with van der Waals surface area (Å²) in [7, 11) is -3.56. The second-order valence-corrected chi connectivity index (χ2v) is 11.7.